The summed E-state index contributed by atoms with van der Waals surface area (Å²) in [5.74, 6) is 0.659. The number of carbonyl (C=O) groups is 1. The summed E-state index contributed by atoms with van der Waals surface area (Å²) in [7, 11) is 1.89. The van der Waals surface area contributed by atoms with Crippen LogP contribution >= 0.6 is 0 Å². The van der Waals surface area contributed by atoms with E-state index < -0.39 is 0 Å². The van der Waals surface area contributed by atoms with E-state index in [1.165, 1.54) is 5.56 Å². The highest BCUT2D eigenvalue weighted by atomic mass is 16.2. The Labute approximate surface area is 199 Å². The molecule has 0 radical (unpaired) electrons. The fraction of sp³-hybridized carbons (Fsp3) is 0.259. The van der Waals surface area contributed by atoms with Gasteiger partial charge < -0.3 is 10.2 Å². The van der Waals surface area contributed by atoms with Crippen LogP contribution in [0.1, 0.15) is 29.3 Å². The molecule has 5 rings (SSSR count). The number of amides is 2. The van der Waals surface area contributed by atoms with Crippen molar-refractivity contribution in [2.24, 2.45) is 7.05 Å². The first-order chi connectivity index (χ1) is 16.5. The van der Waals surface area contributed by atoms with Crippen molar-refractivity contribution in [1.29, 1.82) is 0 Å². The molecule has 0 bridgehead atoms. The minimum Gasteiger partial charge on any atom is -0.320 e. The lowest BCUT2D eigenvalue weighted by atomic mass is 9.96. The number of nitrogens with zero attached hydrogens (tertiary/aromatic N) is 5. The maximum atomic E-state index is 13.2. The highest BCUT2D eigenvalue weighted by Crippen LogP contribution is 2.32. The molecule has 1 aliphatic rings. The van der Waals surface area contributed by atoms with E-state index >= 15 is 0 Å². The highest BCUT2D eigenvalue weighted by Gasteiger charge is 2.27. The van der Waals surface area contributed by atoms with Gasteiger partial charge in [0.1, 0.15) is 5.69 Å². The molecule has 0 fully saturated rings. The average molecular weight is 453 g/mol. The van der Waals surface area contributed by atoms with E-state index in [2.05, 4.69) is 42.5 Å². The number of aromatic nitrogens is 4. The molecule has 3 heterocycles. The van der Waals surface area contributed by atoms with E-state index in [9.17, 15) is 4.79 Å². The second-order valence-corrected chi connectivity index (χ2v) is 8.63. The summed E-state index contributed by atoms with van der Waals surface area (Å²) in [4.78, 5) is 24.9. The van der Waals surface area contributed by atoms with Crippen LogP contribution in [0.25, 0.3) is 22.8 Å². The van der Waals surface area contributed by atoms with Gasteiger partial charge in [0.15, 0.2) is 5.82 Å². The summed E-state index contributed by atoms with van der Waals surface area (Å²) in [6.07, 6.45) is 3.35. The fourth-order valence-corrected chi connectivity index (χ4v) is 4.43. The van der Waals surface area contributed by atoms with Crippen LogP contribution in [0, 0.1) is 6.92 Å². The maximum absolute atomic E-state index is 13.2. The Morgan fingerprint density at radius 3 is 2.71 bits per heavy atom. The molecule has 2 amide bonds. The van der Waals surface area contributed by atoms with Gasteiger partial charge in [-0.15, -0.1) is 0 Å². The number of hydrogen-bond acceptors (Lipinski definition) is 4. The lowest BCUT2D eigenvalue weighted by molar-refractivity contribution is 0.206. The molecule has 2 aromatic heterocycles. The first kappa shape index (κ1) is 21.8. The number of anilines is 1. The van der Waals surface area contributed by atoms with Crippen LogP contribution in [0.3, 0.4) is 0 Å². The van der Waals surface area contributed by atoms with Crippen molar-refractivity contribution in [3.05, 3.63) is 83.2 Å². The lowest BCUT2D eigenvalue weighted by Crippen LogP contribution is -2.39. The Balaban J connectivity index is 1.51. The molecular formula is C27H28N6O. The van der Waals surface area contributed by atoms with E-state index in [1.54, 1.807) is 10.9 Å². The van der Waals surface area contributed by atoms with Gasteiger partial charge in [0, 0.05) is 43.0 Å². The molecule has 0 saturated carbocycles. The van der Waals surface area contributed by atoms with Crippen LogP contribution in [-0.4, -0.2) is 37.2 Å². The van der Waals surface area contributed by atoms with E-state index in [4.69, 9.17) is 9.97 Å². The summed E-state index contributed by atoms with van der Waals surface area (Å²) in [5.41, 5.74) is 7.94. The van der Waals surface area contributed by atoms with Crippen LogP contribution in [0.5, 0.6) is 0 Å². The van der Waals surface area contributed by atoms with Crippen molar-refractivity contribution in [2.45, 2.75) is 33.2 Å². The topological polar surface area (TPSA) is 75.9 Å². The van der Waals surface area contributed by atoms with E-state index in [0.29, 0.717) is 25.3 Å². The third-order valence-corrected chi connectivity index (χ3v) is 6.38. The second-order valence-electron chi connectivity index (χ2n) is 8.63. The average Bonchev–Trinajstić information content (AvgIpc) is 3.29. The Morgan fingerprint density at radius 1 is 1.09 bits per heavy atom. The Hall–Kier alpha value is -4.00. The quantitative estimate of drug-likeness (QED) is 0.473. The monoisotopic (exact) mass is 452 g/mol. The van der Waals surface area contributed by atoms with Gasteiger partial charge >= 0.3 is 6.03 Å². The van der Waals surface area contributed by atoms with Gasteiger partial charge in [-0.1, -0.05) is 43.3 Å². The van der Waals surface area contributed by atoms with Crippen LogP contribution in [0.4, 0.5) is 10.5 Å². The number of urea groups is 1. The van der Waals surface area contributed by atoms with Crippen LogP contribution in [0.2, 0.25) is 0 Å². The van der Waals surface area contributed by atoms with Gasteiger partial charge in [-0.05, 0) is 42.7 Å². The number of carbonyl (C=O) groups excluding carboxylic acids is 1. The molecular weight excluding hydrogens is 424 g/mol. The molecule has 172 valence electrons. The zero-order chi connectivity index (χ0) is 23.7. The van der Waals surface area contributed by atoms with Gasteiger partial charge in [-0.2, -0.15) is 5.10 Å². The molecule has 4 aromatic rings. The Morgan fingerprint density at radius 2 is 1.94 bits per heavy atom. The number of aryl methyl sites for hydroxylation is 3. The largest absolute Gasteiger partial charge is 0.322 e. The Kier molecular flexibility index (Phi) is 5.84. The van der Waals surface area contributed by atoms with Crippen LogP contribution in [-0.2, 0) is 26.4 Å². The summed E-state index contributed by atoms with van der Waals surface area (Å²) < 4.78 is 1.79. The predicted octanol–water partition coefficient (Wildman–Crippen LogP) is 5.01. The van der Waals surface area contributed by atoms with Crippen molar-refractivity contribution in [3.63, 3.8) is 0 Å². The number of fused-ring (bicyclic) bond motifs is 1. The van der Waals surface area contributed by atoms with E-state index in [0.717, 1.165) is 45.9 Å². The molecule has 0 saturated heterocycles. The third kappa shape index (κ3) is 4.17. The van der Waals surface area contributed by atoms with Gasteiger partial charge in [0.25, 0.3) is 0 Å². The second kappa shape index (κ2) is 9.09. The highest BCUT2D eigenvalue weighted by molar-refractivity contribution is 5.89. The molecule has 0 atom stereocenters. The standard InChI is InChI=1S/C27H28N6O/c1-4-19-9-7-10-20(16-19)29-27(34)33-15-13-23-22(17-33)25(21-11-6-5-8-18(21)2)31-26(30-23)24-12-14-28-32(24)3/h5-12,14,16H,4,13,15,17H2,1-3H3,(H,29,34). The third-order valence-electron chi connectivity index (χ3n) is 6.38. The normalized spacial score (nSPS) is 13.0. The number of hydrogen-bond donors (Lipinski definition) is 1. The van der Waals surface area contributed by atoms with Crippen molar-refractivity contribution in [2.75, 3.05) is 11.9 Å². The van der Waals surface area contributed by atoms with Crippen LogP contribution < -0.4 is 5.32 Å². The first-order valence-electron chi connectivity index (χ1n) is 11.6. The van der Waals surface area contributed by atoms with Gasteiger partial charge in [0.05, 0.1) is 17.9 Å². The molecule has 0 aliphatic carbocycles. The Bertz CT molecular complexity index is 1360. The van der Waals surface area contributed by atoms with Crippen LogP contribution in [0.15, 0.2) is 60.8 Å². The summed E-state index contributed by atoms with van der Waals surface area (Å²) in [6, 6.07) is 18.0. The predicted molar refractivity (Wildman–Crippen MR) is 133 cm³/mol. The summed E-state index contributed by atoms with van der Waals surface area (Å²) in [6.45, 7) is 5.25. The molecule has 7 nitrogen and oxygen atoms in total. The zero-order valence-electron chi connectivity index (χ0n) is 19.7. The minimum atomic E-state index is -0.106. The van der Waals surface area contributed by atoms with Crippen molar-refractivity contribution in [3.8, 4) is 22.8 Å². The number of nitrogens with one attached hydrogen (secondary N) is 1. The SMILES string of the molecule is CCc1cccc(NC(=O)N2CCc3nc(-c4ccnn4C)nc(-c4ccccc4C)c3C2)c1. The number of benzene rings is 2. The molecule has 0 unspecified atom stereocenters. The summed E-state index contributed by atoms with van der Waals surface area (Å²) >= 11 is 0. The zero-order valence-corrected chi connectivity index (χ0v) is 19.7. The van der Waals surface area contributed by atoms with Crippen molar-refractivity contribution < 1.29 is 4.79 Å². The minimum absolute atomic E-state index is 0.106. The molecule has 1 aliphatic heterocycles. The maximum Gasteiger partial charge on any atom is 0.322 e. The molecule has 34 heavy (non-hydrogen) atoms. The van der Waals surface area contributed by atoms with E-state index in [-0.39, 0.29) is 6.03 Å². The smallest absolute Gasteiger partial charge is 0.320 e. The van der Waals surface area contributed by atoms with Crippen molar-refractivity contribution in [1.82, 2.24) is 24.6 Å². The van der Waals surface area contributed by atoms with Crippen molar-refractivity contribution >= 4 is 11.7 Å². The molecule has 1 N–H and O–H groups in total. The number of rotatable bonds is 4. The lowest BCUT2D eigenvalue weighted by Gasteiger charge is -2.30. The van der Waals surface area contributed by atoms with Gasteiger partial charge in [-0.3, -0.25) is 4.68 Å². The van der Waals surface area contributed by atoms with Gasteiger partial charge in [0.2, 0.25) is 0 Å². The fourth-order valence-electron chi connectivity index (χ4n) is 4.43. The summed E-state index contributed by atoms with van der Waals surface area (Å²) in [5, 5.41) is 7.35. The molecule has 0 spiro atoms. The molecule has 7 heteroatoms. The first-order valence-corrected chi connectivity index (χ1v) is 11.6. The molecule has 2 aromatic carbocycles. The van der Waals surface area contributed by atoms with Gasteiger partial charge in [-0.25, -0.2) is 14.8 Å². The van der Waals surface area contributed by atoms with E-state index in [1.807, 2.05) is 48.3 Å².